The molecule has 4 rings (SSSR count). The van der Waals surface area contributed by atoms with Crippen LogP contribution in [0.15, 0.2) is 67.3 Å². The number of pyridine rings is 2. The van der Waals surface area contributed by atoms with Gasteiger partial charge in [0.05, 0.1) is 24.4 Å². The van der Waals surface area contributed by atoms with Crippen molar-refractivity contribution in [2.24, 2.45) is 5.41 Å². The third-order valence-corrected chi connectivity index (χ3v) is 6.93. The summed E-state index contributed by atoms with van der Waals surface area (Å²) < 4.78 is 6.04. The second-order valence-electron chi connectivity index (χ2n) is 10.1. The number of amides is 3. The minimum Gasteiger partial charge on any atom is -0.493 e. The molecule has 3 aromatic rings. The number of hydrogen-bond donors (Lipinski definition) is 0. The van der Waals surface area contributed by atoms with Gasteiger partial charge >= 0.3 is 0 Å². The highest BCUT2D eigenvalue weighted by atomic mass is 16.5. The molecule has 0 N–H and O–H groups in total. The number of fused-ring (bicyclic) bond motifs is 1. The number of nitrogens with zero attached hydrogens (tertiary/aromatic N) is 5. The van der Waals surface area contributed by atoms with Gasteiger partial charge in [-0.2, -0.15) is 0 Å². The van der Waals surface area contributed by atoms with Gasteiger partial charge in [0.15, 0.2) is 0 Å². The molecule has 2 aromatic heterocycles. The first-order chi connectivity index (χ1) is 18.7. The van der Waals surface area contributed by atoms with Crippen LogP contribution in [0.1, 0.15) is 38.3 Å². The van der Waals surface area contributed by atoms with Crippen LogP contribution in [0.2, 0.25) is 0 Å². The first-order valence-electron chi connectivity index (χ1n) is 13.1. The Hall–Kier alpha value is -4.27. The fourth-order valence-electron chi connectivity index (χ4n) is 4.71. The van der Waals surface area contributed by atoms with Gasteiger partial charge in [0.25, 0.3) is 0 Å². The first kappa shape index (κ1) is 27.8. The van der Waals surface area contributed by atoms with E-state index in [9.17, 15) is 14.4 Å². The predicted molar refractivity (Wildman–Crippen MR) is 149 cm³/mol. The van der Waals surface area contributed by atoms with E-state index in [4.69, 9.17) is 4.74 Å². The molecule has 9 nitrogen and oxygen atoms in total. The van der Waals surface area contributed by atoms with E-state index in [0.29, 0.717) is 49.8 Å². The van der Waals surface area contributed by atoms with E-state index >= 15 is 0 Å². The van der Waals surface area contributed by atoms with E-state index in [1.165, 1.54) is 4.90 Å². The number of carbonyl (C=O) groups is 3. The summed E-state index contributed by atoms with van der Waals surface area (Å²) in [4.78, 5) is 52.5. The summed E-state index contributed by atoms with van der Waals surface area (Å²) in [6, 6.07) is 13.0. The van der Waals surface area contributed by atoms with Crippen molar-refractivity contribution >= 4 is 29.1 Å². The van der Waals surface area contributed by atoms with Crippen LogP contribution in [0.4, 0.5) is 11.4 Å². The van der Waals surface area contributed by atoms with Crippen molar-refractivity contribution in [3.8, 4) is 5.75 Å². The van der Waals surface area contributed by atoms with E-state index in [1.54, 1.807) is 56.6 Å². The Labute approximate surface area is 229 Å². The number of benzene rings is 1. The number of rotatable bonds is 10. The Morgan fingerprint density at radius 3 is 2.44 bits per heavy atom. The summed E-state index contributed by atoms with van der Waals surface area (Å²) >= 11 is 0. The Balaban J connectivity index is 1.43. The Kier molecular flexibility index (Phi) is 8.59. The molecule has 1 aliphatic heterocycles. The quantitative estimate of drug-likeness (QED) is 0.292. The van der Waals surface area contributed by atoms with E-state index in [1.807, 2.05) is 48.2 Å². The minimum atomic E-state index is -1.16. The maximum Gasteiger partial charge on any atom is 0.242 e. The molecule has 39 heavy (non-hydrogen) atoms. The molecule has 0 saturated carbocycles. The molecule has 0 bridgehead atoms. The van der Waals surface area contributed by atoms with E-state index < -0.39 is 5.41 Å². The van der Waals surface area contributed by atoms with Gasteiger partial charge in [-0.3, -0.25) is 24.4 Å². The van der Waals surface area contributed by atoms with Crippen molar-refractivity contribution < 1.29 is 19.1 Å². The molecule has 0 aliphatic carbocycles. The highest BCUT2D eigenvalue weighted by Gasteiger charge is 2.45. The molecule has 9 heteroatoms. The van der Waals surface area contributed by atoms with Gasteiger partial charge in [0, 0.05) is 57.5 Å². The molecule has 3 amide bonds. The van der Waals surface area contributed by atoms with E-state index in [0.717, 1.165) is 11.1 Å². The average molecular weight is 530 g/mol. The number of carbonyl (C=O) groups excluding carboxylic acids is 3. The fraction of sp³-hybridized carbons (Fsp3) is 0.367. The van der Waals surface area contributed by atoms with Crippen molar-refractivity contribution in [1.82, 2.24) is 14.9 Å². The topological polar surface area (TPSA) is 95.9 Å². The Morgan fingerprint density at radius 2 is 1.74 bits per heavy atom. The normalized spacial score (nSPS) is 14.6. The summed E-state index contributed by atoms with van der Waals surface area (Å²) in [7, 11) is 1.68. The van der Waals surface area contributed by atoms with Gasteiger partial charge in [0.1, 0.15) is 11.2 Å². The van der Waals surface area contributed by atoms with Crippen LogP contribution in [0.25, 0.3) is 0 Å². The summed E-state index contributed by atoms with van der Waals surface area (Å²) in [5.74, 6) is 0.121. The van der Waals surface area contributed by atoms with Crippen molar-refractivity contribution in [2.45, 2.75) is 40.2 Å². The van der Waals surface area contributed by atoms with Crippen LogP contribution in [0.5, 0.6) is 5.75 Å². The molecule has 0 unspecified atom stereocenters. The van der Waals surface area contributed by atoms with Gasteiger partial charge < -0.3 is 19.4 Å². The van der Waals surface area contributed by atoms with E-state index in [2.05, 4.69) is 9.97 Å². The molecule has 1 aliphatic rings. The molecule has 204 valence electrons. The van der Waals surface area contributed by atoms with E-state index in [-0.39, 0.29) is 24.1 Å². The van der Waals surface area contributed by atoms with Gasteiger partial charge in [-0.25, -0.2) is 0 Å². The lowest BCUT2D eigenvalue weighted by atomic mass is 9.90. The van der Waals surface area contributed by atoms with Crippen molar-refractivity contribution in [2.75, 3.05) is 36.5 Å². The van der Waals surface area contributed by atoms with Crippen LogP contribution in [-0.4, -0.2) is 59.3 Å². The second kappa shape index (κ2) is 12.1. The van der Waals surface area contributed by atoms with Crippen LogP contribution in [0.3, 0.4) is 0 Å². The lowest BCUT2D eigenvalue weighted by Crippen LogP contribution is -2.47. The van der Waals surface area contributed by atoms with Gasteiger partial charge in [-0.15, -0.1) is 0 Å². The third-order valence-electron chi connectivity index (χ3n) is 6.93. The largest absolute Gasteiger partial charge is 0.493 e. The summed E-state index contributed by atoms with van der Waals surface area (Å²) in [6.45, 7) is 7.04. The van der Waals surface area contributed by atoms with Crippen molar-refractivity contribution in [3.63, 3.8) is 0 Å². The average Bonchev–Trinajstić information content (AvgIpc) is 2.99. The zero-order valence-corrected chi connectivity index (χ0v) is 23.0. The highest BCUT2D eigenvalue weighted by Crippen LogP contribution is 2.40. The molecule has 0 saturated heterocycles. The minimum absolute atomic E-state index is 0.0110. The maximum atomic E-state index is 13.2. The molecular weight excluding hydrogens is 494 g/mol. The Morgan fingerprint density at radius 1 is 0.974 bits per heavy atom. The molecule has 0 fully saturated rings. The Bertz CT molecular complexity index is 1310. The summed E-state index contributed by atoms with van der Waals surface area (Å²) in [5.41, 5.74) is 2.02. The standard InChI is InChI=1S/C30H35N5O4/c1-5-35-25-10-9-24(19-26(25)33(4)28(37)30(2,3)29(35)38)39-17-7-16-34(21-22-11-14-31-15-12-22)27(36)18-23-8-6-13-32-20-23/h6,8-15,19-20H,5,7,16-18,21H2,1-4H3. The van der Waals surface area contributed by atoms with Gasteiger partial charge in [-0.1, -0.05) is 6.07 Å². The second-order valence-corrected chi connectivity index (χ2v) is 10.1. The molecule has 0 spiro atoms. The zero-order chi connectivity index (χ0) is 28.0. The monoisotopic (exact) mass is 529 g/mol. The first-order valence-corrected chi connectivity index (χ1v) is 13.1. The van der Waals surface area contributed by atoms with Crippen molar-refractivity contribution in [3.05, 3.63) is 78.4 Å². The zero-order valence-electron chi connectivity index (χ0n) is 23.0. The molecule has 3 heterocycles. The number of ether oxygens (including phenoxy) is 1. The third kappa shape index (κ3) is 6.25. The summed E-state index contributed by atoms with van der Waals surface area (Å²) in [5, 5.41) is 0. The highest BCUT2D eigenvalue weighted by molar-refractivity contribution is 6.20. The predicted octanol–water partition coefficient (Wildman–Crippen LogP) is 3.87. The molecule has 0 atom stereocenters. The summed E-state index contributed by atoms with van der Waals surface area (Å²) in [6.07, 6.45) is 7.72. The number of aromatic nitrogens is 2. The van der Waals surface area contributed by atoms with Gasteiger partial charge in [-0.05, 0) is 68.7 Å². The van der Waals surface area contributed by atoms with Crippen LogP contribution < -0.4 is 14.5 Å². The number of hydrogen-bond acceptors (Lipinski definition) is 6. The lowest BCUT2D eigenvalue weighted by molar-refractivity contribution is -0.137. The fourth-order valence-corrected chi connectivity index (χ4v) is 4.71. The van der Waals surface area contributed by atoms with Gasteiger partial charge in [0.2, 0.25) is 17.7 Å². The molecule has 0 radical (unpaired) electrons. The van der Waals surface area contributed by atoms with Crippen LogP contribution >= 0.6 is 0 Å². The molecule has 1 aromatic carbocycles. The number of anilines is 2. The van der Waals surface area contributed by atoms with Crippen LogP contribution in [-0.2, 0) is 27.3 Å². The molecular formula is C30H35N5O4. The van der Waals surface area contributed by atoms with Crippen molar-refractivity contribution in [1.29, 1.82) is 0 Å². The SMILES string of the molecule is CCN1C(=O)C(C)(C)C(=O)N(C)c2cc(OCCCN(Cc3ccncc3)C(=O)Cc3cccnc3)ccc21. The lowest BCUT2D eigenvalue weighted by Gasteiger charge is -2.27. The maximum absolute atomic E-state index is 13.2. The van der Waals surface area contributed by atoms with Crippen LogP contribution in [0, 0.1) is 5.41 Å². The smallest absolute Gasteiger partial charge is 0.242 e.